The second-order valence-corrected chi connectivity index (χ2v) is 7.01. The minimum atomic E-state index is -0.533. The molecule has 150 valence electrons. The molecular weight excluding hydrogens is 388 g/mol. The molecule has 2 heterocycles. The van der Waals surface area contributed by atoms with Gasteiger partial charge in [-0.2, -0.15) is 5.26 Å². The van der Waals surface area contributed by atoms with Crippen LogP contribution >= 0.6 is 12.2 Å². The maximum atomic E-state index is 12.8. The molecule has 1 aliphatic heterocycles. The zero-order valence-electron chi connectivity index (χ0n) is 16.9. The average Bonchev–Trinajstić information content (AvgIpc) is 3.01. The molecule has 0 aliphatic carbocycles. The zero-order chi connectivity index (χ0) is 21.3. The predicted molar refractivity (Wildman–Crippen MR) is 114 cm³/mol. The van der Waals surface area contributed by atoms with Crippen molar-refractivity contribution in [1.82, 2.24) is 9.88 Å². The molecule has 29 heavy (non-hydrogen) atoms. The number of methoxy groups -OCH3 is 2. The Morgan fingerprint density at radius 3 is 2.55 bits per heavy atom. The molecule has 8 heteroatoms. The van der Waals surface area contributed by atoms with Crippen molar-refractivity contribution in [3.8, 4) is 11.8 Å². The number of hydrogen-bond acceptors (Lipinski definition) is 5. The van der Waals surface area contributed by atoms with E-state index in [4.69, 9.17) is 21.7 Å². The monoisotopic (exact) mass is 410 g/mol. The van der Waals surface area contributed by atoms with Crippen LogP contribution in [-0.4, -0.2) is 29.9 Å². The van der Waals surface area contributed by atoms with E-state index < -0.39 is 12.0 Å². The van der Waals surface area contributed by atoms with E-state index in [-0.39, 0.29) is 0 Å². The fourth-order valence-electron chi connectivity index (χ4n) is 3.58. The van der Waals surface area contributed by atoms with Gasteiger partial charge >= 0.3 is 5.97 Å². The van der Waals surface area contributed by atoms with Gasteiger partial charge < -0.3 is 19.4 Å². The van der Waals surface area contributed by atoms with Crippen LogP contribution in [0.15, 0.2) is 41.6 Å². The first-order valence-electron chi connectivity index (χ1n) is 8.94. The Bertz CT molecular complexity index is 1060. The van der Waals surface area contributed by atoms with E-state index in [9.17, 15) is 10.1 Å². The van der Waals surface area contributed by atoms with Crippen LogP contribution in [0.25, 0.3) is 0 Å². The molecule has 3 rings (SSSR count). The van der Waals surface area contributed by atoms with E-state index in [0.29, 0.717) is 33.5 Å². The Morgan fingerprint density at radius 2 is 1.97 bits per heavy atom. The standard InChI is InChI=1S/C21H22N4O3S/c1-12-15(10-14(11-22)24(12)3)19-18(20(26)28-5)13(2)25(21(29)23-19)16-8-6-7-9-17(16)27-4/h6-10,19H,1-5H3,(H,23,29)/t19-/m0/s1. The predicted octanol–water partition coefficient (Wildman–Crippen LogP) is 3.10. The number of allylic oxidation sites excluding steroid dienone is 1. The van der Waals surface area contributed by atoms with Crippen LogP contribution in [0.1, 0.15) is 29.9 Å². The van der Waals surface area contributed by atoms with Crippen LogP contribution in [0.4, 0.5) is 5.69 Å². The SMILES string of the molecule is COC(=O)C1=C(C)N(c2ccccc2OC)C(=S)N[C@H]1c1cc(C#N)n(C)c1C. The second kappa shape index (κ2) is 7.97. The third-order valence-electron chi connectivity index (χ3n) is 5.22. The minimum absolute atomic E-state index is 0.421. The minimum Gasteiger partial charge on any atom is -0.495 e. The highest BCUT2D eigenvalue weighted by molar-refractivity contribution is 7.80. The third kappa shape index (κ3) is 3.34. The van der Waals surface area contributed by atoms with E-state index in [1.165, 1.54) is 7.11 Å². The number of thiocarbonyl (C=S) groups is 1. The Kier molecular flexibility index (Phi) is 5.62. The molecule has 0 unspecified atom stereocenters. The van der Waals surface area contributed by atoms with Crippen LogP contribution in [0, 0.1) is 18.3 Å². The van der Waals surface area contributed by atoms with Gasteiger partial charge in [0.1, 0.15) is 17.5 Å². The van der Waals surface area contributed by atoms with Crippen molar-refractivity contribution in [2.75, 3.05) is 19.1 Å². The van der Waals surface area contributed by atoms with Crippen LogP contribution < -0.4 is 15.0 Å². The average molecular weight is 410 g/mol. The number of esters is 1. The Hall–Kier alpha value is -3.31. The zero-order valence-corrected chi connectivity index (χ0v) is 17.8. The van der Waals surface area contributed by atoms with E-state index in [1.54, 1.807) is 22.6 Å². The third-order valence-corrected chi connectivity index (χ3v) is 5.52. The number of para-hydroxylation sites is 2. The molecule has 7 nitrogen and oxygen atoms in total. The summed E-state index contributed by atoms with van der Waals surface area (Å²) in [6.07, 6.45) is 0. The smallest absolute Gasteiger partial charge is 0.337 e. The molecule has 1 aromatic heterocycles. The number of carbonyl (C=O) groups excluding carboxylic acids is 1. The van der Waals surface area contributed by atoms with Gasteiger partial charge in [-0.25, -0.2) is 4.79 Å². The molecule has 0 radical (unpaired) electrons. The Labute approximate surface area is 175 Å². The van der Waals surface area contributed by atoms with Gasteiger partial charge in [-0.15, -0.1) is 0 Å². The summed E-state index contributed by atoms with van der Waals surface area (Å²) in [5, 5.41) is 13.1. The summed E-state index contributed by atoms with van der Waals surface area (Å²) < 4.78 is 12.3. The Balaban J connectivity index is 2.22. The first kappa shape index (κ1) is 20.4. The van der Waals surface area contributed by atoms with Crippen molar-refractivity contribution < 1.29 is 14.3 Å². The summed E-state index contributed by atoms with van der Waals surface area (Å²) >= 11 is 5.66. The summed E-state index contributed by atoms with van der Waals surface area (Å²) in [7, 11) is 4.74. The highest BCUT2D eigenvalue weighted by atomic mass is 32.1. The molecule has 0 spiro atoms. The molecule has 1 N–H and O–H groups in total. The van der Waals surface area contributed by atoms with E-state index in [1.807, 2.05) is 45.2 Å². The lowest BCUT2D eigenvalue weighted by Crippen LogP contribution is -2.48. The van der Waals surface area contributed by atoms with E-state index >= 15 is 0 Å². The maximum Gasteiger partial charge on any atom is 0.337 e. The number of anilines is 1. The lowest BCUT2D eigenvalue weighted by Gasteiger charge is -2.37. The number of aromatic nitrogens is 1. The van der Waals surface area contributed by atoms with Crippen molar-refractivity contribution in [2.45, 2.75) is 19.9 Å². The lowest BCUT2D eigenvalue weighted by atomic mass is 9.94. The number of benzene rings is 1. The quantitative estimate of drug-likeness (QED) is 0.613. The first-order chi connectivity index (χ1) is 13.8. The van der Waals surface area contributed by atoms with Gasteiger partial charge in [0.25, 0.3) is 0 Å². The van der Waals surface area contributed by atoms with Gasteiger partial charge in [0.2, 0.25) is 0 Å². The topological polar surface area (TPSA) is 79.5 Å². The van der Waals surface area contributed by atoms with Crippen molar-refractivity contribution in [1.29, 1.82) is 5.26 Å². The van der Waals surface area contributed by atoms with Gasteiger partial charge in [-0.3, -0.25) is 4.90 Å². The van der Waals surface area contributed by atoms with Crippen molar-refractivity contribution in [3.05, 3.63) is 58.6 Å². The summed E-state index contributed by atoms with van der Waals surface area (Å²) in [5.74, 6) is 0.158. The molecule has 1 aromatic carbocycles. The fourth-order valence-corrected chi connectivity index (χ4v) is 3.93. The summed E-state index contributed by atoms with van der Waals surface area (Å²) in [6, 6.07) is 10.8. The summed E-state index contributed by atoms with van der Waals surface area (Å²) in [6.45, 7) is 3.72. The highest BCUT2D eigenvalue weighted by Crippen LogP contribution is 2.38. The van der Waals surface area contributed by atoms with E-state index in [0.717, 1.165) is 11.3 Å². The number of rotatable bonds is 4. The number of nitrogens with one attached hydrogen (secondary N) is 1. The Morgan fingerprint density at radius 1 is 1.28 bits per heavy atom. The van der Waals surface area contributed by atoms with Crippen molar-refractivity contribution in [2.24, 2.45) is 7.05 Å². The molecule has 1 aliphatic rings. The van der Waals surface area contributed by atoms with Crippen molar-refractivity contribution >= 4 is 29.0 Å². The molecule has 0 bridgehead atoms. The molecular formula is C21H22N4O3S. The number of nitriles is 1. The number of ether oxygens (including phenoxy) is 2. The second-order valence-electron chi connectivity index (χ2n) is 6.62. The van der Waals surface area contributed by atoms with Crippen LogP contribution in [0.3, 0.4) is 0 Å². The van der Waals surface area contributed by atoms with Crippen LogP contribution in [-0.2, 0) is 16.6 Å². The van der Waals surface area contributed by atoms with Gasteiger partial charge in [0.15, 0.2) is 5.11 Å². The van der Waals surface area contributed by atoms with E-state index in [2.05, 4.69) is 11.4 Å². The van der Waals surface area contributed by atoms with Gasteiger partial charge in [0.05, 0.1) is 31.5 Å². The number of carbonyl (C=O) groups is 1. The van der Waals surface area contributed by atoms with Crippen LogP contribution in [0.5, 0.6) is 5.75 Å². The number of nitrogens with zero attached hydrogens (tertiary/aromatic N) is 3. The summed E-state index contributed by atoms with van der Waals surface area (Å²) in [4.78, 5) is 14.5. The molecule has 0 saturated carbocycles. The largest absolute Gasteiger partial charge is 0.495 e. The van der Waals surface area contributed by atoms with Gasteiger partial charge in [-0.1, -0.05) is 12.1 Å². The summed E-state index contributed by atoms with van der Waals surface area (Å²) in [5.41, 5.74) is 3.93. The first-order valence-corrected chi connectivity index (χ1v) is 9.35. The molecule has 2 aromatic rings. The normalized spacial score (nSPS) is 16.3. The van der Waals surface area contributed by atoms with Crippen molar-refractivity contribution in [3.63, 3.8) is 0 Å². The maximum absolute atomic E-state index is 12.8. The number of hydrogen-bond donors (Lipinski definition) is 1. The molecule has 0 saturated heterocycles. The fraction of sp³-hybridized carbons (Fsp3) is 0.286. The highest BCUT2D eigenvalue weighted by Gasteiger charge is 2.37. The molecule has 1 atom stereocenters. The molecule has 0 fully saturated rings. The van der Waals surface area contributed by atoms with Gasteiger partial charge in [0, 0.05) is 24.0 Å². The van der Waals surface area contributed by atoms with Crippen LogP contribution in [0.2, 0.25) is 0 Å². The molecule has 0 amide bonds. The van der Waals surface area contributed by atoms with Gasteiger partial charge in [-0.05, 0) is 44.3 Å². The lowest BCUT2D eigenvalue weighted by molar-refractivity contribution is -0.136.